The molecule has 1 saturated heterocycles. The summed E-state index contributed by atoms with van der Waals surface area (Å²) in [5, 5.41) is 14.6. The van der Waals surface area contributed by atoms with Gasteiger partial charge in [-0.05, 0) is 32.0 Å². The molecule has 1 atom stereocenters. The number of nitrogens with zero attached hydrogens (tertiary/aromatic N) is 4. The van der Waals surface area contributed by atoms with E-state index >= 15 is 0 Å². The second kappa shape index (κ2) is 5.88. The molecule has 9 heteroatoms. The number of rotatable bonds is 5. The van der Waals surface area contributed by atoms with Crippen LogP contribution >= 0.6 is 11.3 Å². The summed E-state index contributed by atoms with van der Waals surface area (Å²) in [5.41, 5.74) is 6.09. The largest absolute Gasteiger partial charge is 0.333 e. The maximum atomic E-state index is 10.7. The fourth-order valence-electron chi connectivity index (χ4n) is 2.35. The maximum absolute atomic E-state index is 10.7. The molecule has 0 aliphatic carbocycles. The number of thiophene rings is 1. The lowest BCUT2D eigenvalue weighted by atomic mass is 10.3. The smallest absolute Gasteiger partial charge is 0.324 e. The van der Waals surface area contributed by atoms with Gasteiger partial charge in [0.15, 0.2) is 5.82 Å². The van der Waals surface area contributed by atoms with Crippen molar-refractivity contribution in [3.05, 3.63) is 28.1 Å². The van der Waals surface area contributed by atoms with E-state index in [1.165, 1.54) is 18.9 Å². The first-order valence-corrected chi connectivity index (χ1v) is 7.51. The molecule has 2 N–H and O–H groups in total. The molecule has 0 amide bonds. The van der Waals surface area contributed by atoms with E-state index in [2.05, 4.69) is 15.0 Å². The highest BCUT2D eigenvalue weighted by Crippen LogP contribution is 2.31. The summed E-state index contributed by atoms with van der Waals surface area (Å²) in [4.78, 5) is 17.3. The molecule has 0 spiro atoms. The minimum absolute atomic E-state index is 0.0473. The van der Waals surface area contributed by atoms with Crippen molar-refractivity contribution in [2.45, 2.75) is 18.9 Å². The summed E-state index contributed by atoms with van der Waals surface area (Å²) in [5.74, 6) is 0.716. The van der Waals surface area contributed by atoms with Crippen LogP contribution in [0.5, 0.6) is 0 Å². The summed E-state index contributed by atoms with van der Waals surface area (Å²) < 4.78 is 5.16. The minimum Gasteiger partial charge on any atom is -0.333 e. The molecular formula is C12H15N5O3S. The molecule has 2 aromatic rings. The highest BCUT2D eigenvalue weighted by molar-refractivity contribution is 7.18. The zero-order valence-corrected chi connectivity index (χ0v) is 12.1. The Morgan fingerprint density at radius 3 is 2.90 bits per heavy atom. The first kappa shape index (κ1) is 14.1. The molecule has 3 heterocycles. The van der Waals surface area contributed by atoms with Crippen LogP contribution in [0.4, 0.5) is 5.00 Å². The van der Waals surface area contributed by atoms with Crippen LogP contribution in [-0.4, -0.2) is 39.6 Å². The van der Waals surface area contributed by atoms with Gasteiger partial charge in [-0.2, -0.15) is 4.98 Å². The van der Waals surface area contributed by atoms with Crippen LogP contribution in [-0.2, 0) is 0 Å². The van der Waals surface area contributed by atoms with E-state index in [0.29, 0.717) is 17.2 Å². The monoisotopic (exact) mass is 309 g/mol. The average Bonchev–Trinajstić information content (AvgIpc) is 3.19. The molecule has 21 heavy (non-hydrogen) atoms. The lowest BCUT2D eigenvalue weighted by molar-refractivity contribution is -0.380. The topological polar surface area (TPSA) is 111 Å². The van der Waals surface area contributed by atoms with E-state index in [1.54, 1.807) is 6.07 Å². The summed E-state index contributed by atoms with van der Waals surface area (Å²) >= 11 is 1.01. The summed E-state index contributed by atoms with van der Waals surface area (Å²) in [6.45, 7) is 2.80. The van der Waals surface area contributed by atoms with Crippen LogP contribution < -0.4 is 5.73 Å². The Morgan fingerprint density at radius 2 is 2.24 bits per heavy atom. The molecule has 0 bridgehead atoms. The molecule has 1 aliphatic heterocycles. The predicted molar refractivity (Wildman–Crippen MR) is 76.9 cm³/mol. The first-order valence-electron chi connectivity index (χ1n) is 6.69. The van der Waals surface area contributed by atoms with Crippen LogP contribution in [0.25, 0.3) is 10.8 Å². The Labute approximate surface area is 124 Å². The molecule has 2 aromatic heterocycles. The van der Waals surface area contributed by atoms with Gasteiger partial charge >= 0.3 is 5.00 Å². The second-order valence-corrected chi connectivity index (χ2v) is 6.03. The van der Waals surface area contributed by atoms with Crippen molar-refractivity contribution in [2.24, 2.45) is 5.73 Å². The Morgan fingerprint density at radius 1 is 1.48 bits per heavy atom. The van der Waals surface area contributed by atoms with Gasteiger partial charge in [0, 0.05) is 12.6 Å². The van der Waals surface area contributed by atoms with Gasteiger partial charge < -0.3 is 15.2 Å². The van der Waals surface area contributed by atoms with Crippen molar-refractivity contribution in [1.82, 2.24) is 15.0 Å². The molecular weight excluding hydrogens is 294 g/mol. The minimum atomic E-state index is -0.440. The predicted octanol–water partition coefficient (Wildman–Crippen LogP) is 1.80. The Balaban J connectivity index is 1.71. The van der Waals surface area contributed by atoms with Gasteiger partial charge in [-0.1, -0.05) is 16.5 Å². The van der Waals surface area contributed by atoms with Gasteiger partial charge in [0.2, 0.25) is 0 Å². The number of nitro groups is 1. The van der Waals surface area contributed by atoms with Crippen LogP contribution in [0.15, 0.2) is 16.7 Å². The van der Waals surface area contributed by atoms with E-state index in [9.17, 15) is 10.1 Å². The molecule has 0 saturated carbocycles. The molecule has 0 radical (unpaired) electrons. The molecule has 1 unspecified atom stereocenters. The van der Waals surface area contributed by atoms with Crippen LogP contribution in [0.2, 0.25) is 0 Å². The Bertz CT molecular complexity index is 634. The van der Waals surface area contributed by atoms with Crippen molar-refractivity contribution >= 4 is 16.3 Å². The van der Waals surface area contributed by atoms with Gasteiger partial charge in [-0.3, -0.25) is 10.1 Å². The van der Waals surface area contributed by atoms with Crippen molar-refractivity contribution in [3.63, 3.8) is 0 Å². The third kappa shape index (κ3) is 3.09. The van der Waals surface area contributed by atoms with E-state index < -0.39 is 4.92 Å². The molecule has 3 rings (SSSR count). The molecule has 8 nitrogen and oxygen atoms in total. The first-order chi connectivity index (χ1) is 10.1. The quantitative estimate of drug-likeness (QED) is 0.662. The normalized spacial score (nSPS) is 17.2. The highest BCUT2D eigenvalue weighted by atomic mass is 32.1. The van der Waals surface area contributed by atoms with Gasteiger partial charge in [-0.25, -0.2) is 0 Å². The molecule has 1 fully saturated rings. The summed E-state index contributed by atoms with van der Waals surface area (Å²) in [6.07, 6.45) is 2.39. The fourth-order valence-corrected chi connectivity index (χ4v) is 3.09. The van der Waals surface area contributed by atoms with Crippen molar-refractivity contribution in [1.29, 1.82) is 0 Å². The van der Waals surface area contributed by atoms with Crippen LogP contribution in [0, 0.1) is 10.1 Å². The van der Waals surface area contributed by atoms with Crippen molar-refractivity contribution in [3.8, 4) is 10.8 Å². The third-order valence-corrected chi connectivity index (χ3v) is 4.43. The van der Waals surface area contributed by atoms with E-state index in [-0.39, 0.29) is 16.9 Å². The number of hydrogen-bond acceptors (Lipinski definition) is 8. The zero-order chi connectivity index (χ0) is 14.8. The van der Waals surface area contributed by atoms with E-state index in [4.69, 9.17) is 10.3 Å². The Kier molecular flexibility index (Phi) is 3.95. The lowest BCUT2D eigenvalue weighted by Gasteiger charge is -2.17. The fraction of sp³-hybridized carbons (Fsp3) is 0.500. The summed E-state index contributed by atoms with van der Waals surface area (Å²) in [7, 11) is 0. The zero-order valence-electron chi connectivity index (χ0n) is 11.3. The van der Waals surface area contributed by atoms with Crippen LogP contribution in [0.1, 0.15) is 24.7 Å². The molecule has 1 aliphatic rings. The van der Waals surface area contributed by atoms with Gasteiger partial charge in [-0.15, -0.1) is 0 Å². The highest BCUT2D eigenvalue weighted by Gasteiger charge is 2.22. The third-order valence-electron chi connectivity index (χ3n) is 3.41. The van der Waals surface area contributed by atoms with Crippen molar-refractivity contribution in [2.75, 3.05) is 19.6 Å². The number of likely N-dealkylation sites (tertiary alicyclic amines) is 1. The standard InChI is InChI=1S/C12H15N5O3S/c13-8(7-16-5-1-2-6-16)11-14-12(20-15-11)9-3-4-10(21-9)17(18)19/h3-4,8H,1-2,5-7,13H2. The van der Waals surface area contributed by atoms with E-state index in [0.717, 1.165) is 24.4 Å². The summed E-state index contributed by atoms with van der Waals surface area (Å²) in [6, 6.07) is 2.72. The molecule has 112 valence electrons. The lowest BCUT2D eigenvalue weighted by Crippen LogP contribution is -2.30. The Hall–Kier alpha value is -1.84. The second-order valence-electron chi connectivity index (χ2n) is 4.97. The number of aromatic nitrogens is 2. The molecule has 0 aromatic carbocycles. The van der Waals surface area contributed by atoms with Gasteiger partial charge in [0.05, 0.1) is 15.8 Å². The number of nitrogens with two attached hydrogens (primary N) is 1. The average molecular weight is 309 g/mol. The van der Waals surface area contributed by atoms with Gasteiger partial charge in [0.25, 0.3) is 5.89 Å². The van der Waals surface area contributed by atoms with Crippen molar-refractivity contribution < 1.29 is 9.45 Å². The maximum Gasteiger partial charge on any atom is 0.324 e. The number of hydrogen-bond donors (Lipinski definition) is 1. The SMILES string of the molecule is NC(CN1CCCC1)c1noc(-c2ccc([N+](=O)[O-])s2)n1. The van der Waals surface area contributed by atoms with E-state index in [1.807, 2.05) is 0 Å². The van der Waals surface area contributed by atoms with Gasteiger partial charge in [0.1, 0.15) is 0 Å². The van der Waals surface area contributed by atoms with Crippen LogP contribution in [0.3, 0.4) is 0 Å².